The van der Waals surface area contributed by atoms with Gasteiger partial charge in [0, 0.05) is 45.7 Å². The van der Waals surface area contributed by atoms with Gasteiger partial charge in [0.2, 0.25) is 5.91 Å². The van der Waals surface area contributed by atoms with Gasteiger partial charge in [0.15, 0.2) is 6.61 Å². The molecule has 2 amide bonds. The largest absolute Gasteiger partial charge is 0.482 e. The Morgan fingerprint density at radius 2 is 1.82 bits per heavy atom. The molecule has 0 spiro atoms. The fraction of sp³-hybridized carbons (Fsp3) is 0.619. The third kappa shape index (κ3) is 5.69. The number of nitrogens with zero attached hydrogens (tertiary/aromatic N) is 3. The zero-order valence-corrected chi connectivity index (χ0v) is 16.9. The molecule has 0 bridgehead atoms. The Morgan fingerprint density at radius 3 is 2.61 bits per heavy atom. The monoisotopic (exact) mass is 388 g/mol. The number of hydrogen-bond donors (Lipinski definition) is 1. The van der Waals surface area contributed by atoms with Crippen molar-refractivity contribution >= 4 is 17.5 Å². The Bertz CT molecular complexity index is 659. The first kappa shape index (κ1) is 20.6. The average molecular weight is 389 g/mol. The third-order valence-corrected chi connectivity index (χ3v) is 5.51. The van der Waals surface area contributed by atoms with Crippen molar-refractivity contribution in [3.05, 3.63) is 24.3 Å². The molecule has 154 valence electrons. The Balaban J connectivity index is 1.30. The highest BCUT2D eigenvalue weighted by Crippen LogP contribution is 2.31. The van der Waals surface area contributed by atoms with Crippen LogP contribution in [0, 0.1) is 0 Å². The summed E-state index contributed by atoms with van der Waals surface area (Å²) in [6, 6.07) is 7.45. The summed E-state index contributed by atoms with van der Waals surface area (Å²) in [6.07, 6.45) is 2.39. The fourth-order valence-electron chi connectivity index (χ4n) is 3.72. The predicted molar refractivity (Wildman–Crippen MR) is 110 cm³/mol. The molecule has 1 saturated heterocycles. The van der Waals surface area contributed by atoms with Crippen molar-refractivity contribution in [2.75, 3.05) is 63.9 Å². The second-order valence-electron chi connectivity index (χ2n) is 7.38. The van der Waals surface area contributed by atoms with Crippen molar-refractivity contribution in [2.45, 2.75) is 26.2 Å². The van der Waals surface area contributed by atoms with Crippen LogP contribution in [0.5, 0.6) is 5.75 Å². The van der Waals surface area contributed by atoms with Crippen LogP contribution in [0.4, 0.5) is 5.69 Å². The number of piperazine rings is 1. The standard InChI is InChI=1S/C21H32N4O3/c1-2-23-13-15-24(16-14-23)11-6-5-10-22-20(26)9-12-25-18-7-3-4-8-19(18)28-17-21(25)27/h3-4,7-8H,2,5-6,9-17H2,1H3,(H,22,26). The second-order valence-corrected chi connectivity index (χ2v) is 7.38. The molecule has 7 nitrogen and oxygen atoms in total. The van der Waals surface area contributed by atoms with Gasteiger partial charge in [0.25, 0.3) is 5.91 Å². The van der Waals surface area contributed by atoms with Crippen molar-refractivity contribution in [3.63, 3.8) is 0 Å². The lowest BCUT2D eigenvalue weighted by molar-refractivity contribution is -0.122. The molecule has 0 saturated carbocycles. The lowest BCUT2D eigenvalue weighted by atomic mass is 10.2. The van der Waals surface area contributed by atoms with Gasteiger partial charge in [-0.3, -0.25) is 9.59 Å². The zero-order chi connectivity index (χ0) is 19.8. The fourth-order valence-corrected chi connectivity index (χ4v) is 3.72. The van der Waals surface area contributed by atoms with Crippen LogP contribution in [-0.4, -0.2) is 80.6 Å². The molecule has 28 heavy (non-hydrogen) atoms. The van der Waals surface area contributed by atoms with Gasteiger partial charge in [-0.15, -0.1) is 0 Å². The van der Waals surface area contributed by atoms with Crippen molar-refractivity contribution in [3.8, 4) is 5.75 Å². The van der Waals surface area contributed by atoms with E-state index in [4.69, 9.17) is 4.74 Å². The Labute approximate surface area is 167 Å². The summed E-state index contributed by atoms with van der Waals surface area (Å²) in [4.78, 5) is 30.9. The first-order valence-corrected chi connectivity index (χ1v) is 10.4. The summed E-state index contributed by atoms with van der Waals surface area (Å²) in [5.41, 5.74) is 0.745. The van der Waals surface area contributed by atoms with Crippen LogP contribution >= 0.6 is 0 Å². The number of likely N-dealkylation sites (N-methyl/N-ethyl adjacent to an activating group) is 1. The molecular formula is C21H32N4O3. The number of benzene rings is 1. The van der Waals surface area contributed by atoms with E-state index in [1.807, 2.05) is 24.3 Å². The summed E-state index contributed by atoms with van der Waals surface area (Å²) in [5, 5.41) is 2.98. The highest BCUT2D eigenvalue weighted by molar-refractivity contribution is 5.98. The van der Waals surface area contributed by atoms with E-state index in [1.165, 1.54) is 0 Å². The van der Waals surface area contributed by atoms with Gasteiger partial charge in [0.1, 0.15) is 5.75 Å². The molecule has 0 unspecified atom stereocenters. The van der Waals surface area contributed by atoms with Crippen LogP contribution in [0.25, 0.3) is 0 Å². The molecule has 2 aliphatic rings. The second kappa shape index (κ2) is 10.4. The van der Waals surface area contributed by atoms with Gasteiger partial charge >= 0.3 is 0 Å². The molecule has 0 aromatic heterocycles. The minimum absolute atomic E-state index is 0.00617. The SMILES string of the molecule is CCN1CCN(CCCCNC(=O)CCN2C(=O)COc3ccccc32)CC1. The summed E-state index contributed by atoms with van der Waals surface area (Å²) < 4.78 is 5.43. The molecule has 0 radical (unpaired) electrons. The van der Waals surface area contributed by atoms with Crippen LogP contribution in [0.2, 0.25) is 0 Å². The maximum Gasteiger partial charge on any atom is 0.265 e. The maximum absolute atomic E-state index is 12.1. The number of carbonyl (C=O) groups is 2. The number of rotatable bonds is 9. The van der Waals surface area contributed by atoms with Crippen molar-refractivity contribution in [2.24, 2.45) is 0 Å². The highest BCUT2D eigenvalue weighted by Gasteiger charge is 2.25. The van der Waals surface area contributed by atoms with Crippen LogP contribution in [0.15, 0.2) is 24.3 Å². The van der Waals surface area contributed by atoms with Crippen LogP contribution in [-0.2, 0) is 9.59 Å². The lowest BCUT2D eigenvalue weighted by Crippen LogP contribution is -2.46. The highest BCUT2D eigenvalue weighted by atomic mass is 16.5. The van der Waals surface area contributed by atoms with E-state index in [1.54, 1.807) is 4.90 Å². The van der Waals surface area contributed by atoms with E-state index in [2.05, 4.69) is 22.0 Å². The number of ether oxygens (including phenoxy) is 1. The van der Waals surface area contributed by atoms with E-state index >= 15 is 0 Å². The van der Waals surface area contributed by atoms with Crippen molar-refractivity contribution in [1.29, 1.82) is 0 Å². The summed E-state index contributed by atoms with van der Waals surface area (Å²) in [7, 11) is 0. The van der Waals surface area contributed by atoms with Gasteiger partial charge in [-0.2, -0.15) is 0 Å². The number of fused-ring (bicyclic) bond motifs is 1. The van der Waals surface area contributed by atoms with Crippen LogP contribution in [0.1, 0.15) is 26.2 Å². The van der Waals surface area contributed by atoms with Gasteiger partial charge in [-0.25, -0.2) is 0 Å². The number of anilines is 1. The minimum atomic E-state index is -0.102. The van der Waals surface area contributed by atoms with E-state index in [0.29, 0.717) is 25.3 Å². The number of amides is 2. The van der Waals surface area contributed by atoms with E-state index in [-0.39, 0.29) is 18.4 Å². The van der Waals surface area contributed by atoms with Crippen LogP contribution in [0.3, 0.4) is 0 Å². The number of carbonyl (C=O) groups excluding carboxylic acids is 2. The van der Waals surface area contributed by atoms with Gasteiger partial charge in [-0.05, 0) is 38.1 Å². The topological polar surface area (TPSA) is 65.1 Å². The number of unbranched alkanes of at least 4 members (excludes halogenated alkanes) is 1. The molecule has 2 heterocycles. The summed E-state index contributed by atoms with van der Waals surface area (Å²) in [5.74, 6) is 0.588. The first-order chi connectivity index (χ1) is 13.7. The molecule has 3 rings (SSSR count). The van der Waals surface area contributed by atoms with Gasteiger partial charge in [0.05, 0.1) is 5.69 Å². The average Bonchev–Trinajstić information content (AvgIpc) is 2.73. The molecule has 1 aromatic rings. The predicted octanol–water partition coefficient (Wildman–Crippen LogP) is 1.34. The summed E-state index contributed by atoms with van der Waals surface area (Å²) >= 11 is 0. The molecule has 1 aromatic carbocycles. The van der Waals surface area contributed by atoms with E-state index in [0.717, 1.165) is 57.8 Å². The zero-order valence-electron chi connectivity index (χ0n) is 16.9. The Hall–Kier alpha value is -2.12. The molecule has 2 aliphatic heterocycles. The first-order valence-electron chi connectivity index (χ1n) is 10.4. The lowest BCUT2D eigenvalue weighted by Gasteiger charge is -2.33. The molecule has 7 heteroatoms. The molecule has 1 fully saturated rings. The quantitative estimate of drug-likeness (QED) is 0.647. The number of para-hydroxylation sites is 2. The molecule has 0 atom stereocenters. The third-order valence-electron chi connectivity index (χ3n) is 5.51. The molecule has 0 aliphatic carbocycles. The van der Waals surface area contributed by atoms with Crippen molar-refractivity contribution < 1.29 is 14.3 Å². The van der Waals surface area contributed by atoms with Gasteiger partial charge < -0.3 is 24.8 Å². The Morgan fingerprint density at radius 1 is 1.07 bits per heavy atom. The van der Waals surface area contributed by atoms with Gasteiger partial charge in [-0.1, -0.05) is 19.1 Å². The number of nitrogens with one attached hydrogen (secondary N) is 1. The Kier molecular flexibility index (Phi) is 7.68. The summed E-state index contributed by atoms with van der Waals surface area (Å²) in [6.45, 7) is 10.2. The molecule has 1 N–H and O–H groups in total. The minimum Gasteiger partial charge on any atom is -0.482 e. The smallest absolute Gasteiger partial charge is 0.265 e. The van der Waals surface area contributed by atoms with Crippen molar-refractivity contribution in [1.82, 2.24) is 15.1 Å². The van der Waals surface area contributed by atoms with Crippen LogP contribution < -0.4 is 15.0 Å². The maximum atomic E-state index is 12.1. The number of hydrogen-bond acceptors (Lipinski definition) is 5. The molecular weight excluding hydrogens is 356 g/mol. The van der Waals surface area contributed by atoms with E-state index < -0.39 is 0 Å². The van der Waals surface area contributed by atoms with E-state index in [9.17, 15) is 9.59 Å². The normalized spacial score (nSPS) is 17.9.